The van der Waals surface area contributed by atoms with Gasteiger partial charge >= 0.3 is 0 Å². The maximum Gasteiger partial charge on any atom is 0.228 e. The average molecular weight is 282 g/mol. The summed E-state index contributed by atoms with van der Waals surface area (Å²) >= 11 is 0. The maximum absolute atomic E-state index is 11.9. The van der Waals surface area contributed by atoms with Crippen LogP contribution in [0.1, 0.15) is 19.4 Å². The number of carbonyl (C=O) groups is 1. The molecule has 0 spiro atoms. The number of hydrogen-bond acceptors (Lipinski definition) is 3. The first kappa shape index (κ1) is 13.5. The van der Waals surface area contributed by atoms with Crippen molar-refractivity contribution in [3.05, 3.63) is 29.8 Å². The number of carbonyl (C=O) groups excluding carboxylic acids is 1. The molecule has 108 valence electrons. The van der Waals surface area contributed by atoms with Gasteiger partial charge < -0.3 is 5.32 Å². The summed E-state index contributed by atoms with van der Waals surface area (Å²) in [5.41, 5.74) is 2.88. The van der Waals surface area contributed by atoms with E-state index >= 15 is 0 Å². The van der Waals surface area contributed by atoms with E-state index in [4.69, 9.17) is 0 Å². The highest BCUT2D eigenvalue weighted by molar-refractivity contribution is 6.03. The summed E-state index contributed by atoms with van der Waals surface area (Å²) in [6, 6.07) is 8.17. The van der Waals surface area contributed by atoms with E-state index in [-0.39, 0.29) is 11.8 Å². The first-order chi connectivity index (χ1) is 9.95. The predicted octanol–water partition coefficient (Wildman–Crippen LogP) is 3.02. The lowest BCUT2D eigenvalue weighted by Crippen LogP contribution is -2.18. The van der Waals surface area contributed by atoms with Gasteiger partial charge in [-0.3, -0.25) is 4.79 Å². The second kappa shape index (κ2) is 4.84. The summed E-state index contributed by atoms with van der Waals surface area (Å²) in [5.74, 6) is 0.444. The summed E-state index contributed by atoms with van der Waals surface area (Å²) in [7, 11) is 1.83. The van der Waals surface area contributed by atoms with Crippen molar-refractivity contribution in [2.45, 2.75) is 20.8 Å². The van der Waals surface area contributed by atoms with Gasteiger partial charge in [0, 0.05) is 18.4 Å². The molecule has 3 aromatic rings. The topological polar surface area (TPSA) is 59.8 Å². The number of nitrogens with one attached hydrogen (secondary N) is 1. The standard InChI is InChI=1S/C16H18N4O/c1-9(2)16(21)18-14-12-8-11-7-10(3)5-6-13(11)17-15(12)20(4)19-14/h5-9H,1-4H3,(H,18,19,21). The summed E-state index contributed by atoms with van der Waals surface area (Å²) < 4.78 is 1.70. The van der Waals surface area contributed by atoms with Crippen LogP contribution in [-0.4, -0.2) is 20.7 Å². The van der Waals surface area contributed by atoms with Crippen LogP contribution in [0.3, 0.4) is 0 Å². The molecule has 1 N–H and O–H groups in total. The lowest BCUT2D eigenvalue weighted by molar-refractivity contribution is -0.118. The molecular weight excluding hydrogens is 264 g/mol. The highest BCUT2D eigenvalue weighted by atomic mass is 16.1. The molecule has 0 unspecified atom stereocenters. The molecule has 0 aliphatic heterocycles. The van der Waals surface area contributed by atoms with Crippen molar-refractivity contribution < 1.29 is 4.79 Å². The number of nitrogens with zero attached hydrogens (tertiary/aromatic N) is 3. The van der Waals surface area contributed by atoms with E-state index in [9.17, 15) is 4.79 Å². The van der Waals surface area contributed by atoms with Crippen molar-refractivity contribution in [3.63, 3.8) is 0 Å². The van der Waals surface area contributed by atoms with Gasteiger partial charge in [0.1, 0.15) is 0 Å². The number of hydrogen-bond donors (Lipinski definition) is 1. The molecule has 0 aliphatic carbocycles. The van der Waals surface area contributed by atoms with Gasteiger partial charge in [-0.1, -0.05) is 25.5 Å². The second-order valence-electron chi connectivity index (χ2n) is 5.67. The minimum absolute atomic E-state index is 0.0423. The average Bonchev–Trinajstić information content (AvgIpc) is 2.72. The number of fused-ring (bicyclic) bond motifs is 2. The molecule has 0 aliphatic rings. The van der Waals surface area contributed by atoms with Crippen molar-refractivity contribution in [1.82, 2.24) is 14.8 Å². The minimum Gasteiger partial charge on any atom is -0.308 e. The molecule has 3 rings (SSSR count). The molecule has 5 heteroatoms. The third-order valence-corrected chi connectivity index (χ3v) is 3.53. The van der Waals surface area contributed by atoms with E-state index < -0.39 is 0 Å². The Bertz CT molecular complexity index is 848. The normalized spacial score (nSPS) is 11.5. The Hall–Kier alpha value is -2.43. The van der Waals surface area contributed by atoms with Crippen molar-refractivity contribution in [1.29, 1.82) is 0 Å². The first-order valence-electron chi connectivity index (χ1n) is 7.00. The Morgan fingerprint density at radius 2 is 2.05 bits per heavy atom. The third-order valence-electron chi connectivity index (χ3n) is 3.53. The molecule has 0 radical (unpaired) electrons. The van der Waals surface area contributed by atoms with Gasteiger partial charge in [0.25, 0.3) is 0 Å². The van der Waals surface area contributed by atoms with Gasteiger partial charge in [0.15, 0.2) is 11.5 Å². The third kappa shape index (κ3) is 2.35. The molecule has 1 amide bonds. The number of anilines is 1. The number of benzene rings is 1. The van der Waals surface area contributed by atoms with Crippen LogP contribution in [0.4, 0.5) is 5.82 Å². The molecule has 2 aromatic heterocycles. The molecular formula is C16H18N4O. The fourth-order valence-electron chi connectivity index (χ4n) is 2.31. The fraction of sp³-hybridized carbons (Fsp3) is 0.312. The van der Waals surface area contributed by atoms with Gasteiger partial charge in [-0.2, -0.15) is 5.10 Å². The predicted molar refractivity (Wildman–Crippen MR) is 84.2 cm³/mol. The van der Waals surface area contributed by atoms with Crippen LogP contribution in [-0.2, 0) is 11.8 Å². The Kier molecular flexibility index (Phi) is 3.12. The van der Waals surface area contributed by atoms with Gasteiger partial charge in [0.05, 0.1) is 10.9 Å². The first-order valence-corrected chi connectivity index (χ1v) is 7.00. The van der Waals surface area contributed by atoms with Crippen molar-refractivity contribution in [2.75, 3.05) is 5.32 Å². The summed E-state index contributed by atoms with van der Waals surface area (Å²) in [6.07, 6.45) is 0. The van der Waals surface area contributed by atoms with Crippen LogP contribution in [0.2, 0.25) is 0 Å². The zero-order valence-electron chi connectivity index (χ0n) is 12.6. The van der Waals surface area contributed by atoms with E-state index in [0.717, 1.165) is 21.9 Å². The summed E-state index contributed by atoms with van der Waals surface area (Å²) in [4.78, 5) is 16.5. The molecule has 2 heterocycles. The van der Waals surface area contributed by atoms with Crippen molar-refractivity contribution in [2.24, 2.45) is 13.0 Å². The lowest BCUT2D eigenvalue weighted by Gasteiger charge is -2.05. The van der Waals surface area contributed by atoms with Crippen LogP contribution in [0.15, 0.2) is 24.3 Å². The van der Waals surface area contributed by atoms with Gasteiger partial charge in [-0.15, -0.1) is 0 Å². The fourth-order valence-corrected chi connectivity index (χ4v) is 2.31. The number of pyridine rings is 1. The summed E-state index contributed by atoms with van der Waals surface area (Å²) in [6.45, 7) is 5.77. The number of aryl methyl sites for hydroxylation is 2. The lowest BCUT2D eigenvalue weighted by atomic mass is 10.1. The maximum atomic E-state index is 11.9. The molecule has 0 fully saturated rings. The van der Waals surface area contributed by atoms with E-state index in [1.54, 1.807) is 4.68 Å². The Balaban J connectivity index is 2.20. The highest BCUT2D eigenvalue weighted by Crippen LogP contribution is 2.26. The largest absolute Gasteiger partial charge is 0.308 e. The van der Waals surface area contributed by atoms with Gasteiger partial charge in [-0.05, 0) is 25.1 Å². The van der Waals surface area contributed by atoms with Crippen LogP contribution < -0.4 is 5.32 Å². The molecule has 5 nitrogen and oxygen atoms in total. The van der Waals surface area contributed by atoms with E-state index in [0.29, 0.717) is 5.82 Å². The molecule has 0 atom stereocenters. The van der Waals surface area contributed by atoms with Gasteiger partial charge in [-0.25, -0.2) is 9.67 Å². The van der Waals surface area contributed by atoms with Crippen molar-refractivity contribution in [3.8, 4) is 0 Å². The molecule has 0 saturated heterocycles. The Morgan fingerprint density at radius 3 is 2.76 bits per heavy atom. The zero-order chi connectivity index (χ0) is 15.1. The summed E-state index contributed by atoms with van der Waals surface area (Å²) in [5, 5.41) is 9.17. The quantitative estimate of drug-likeness (QED) is 0.786. The monoisotopic (exact) mass is 282 g/mol. The van der Waals surface area contributed by atoms with Crippen LogP contribution in [0.25, 0.3) is 21.9 Å². The van der Waals surface area contributed by atoms with E-state index in [1.165, 1.54) is 5.56 Å². The van der Waals surface area contributed by atoms with E-state index in [1.807, 2.05) is 46.0 Å². The second-order valence-corrected chi connectivity index (χ2v) is 5.67. The SMILES string of the molecule is Cc1ccc2nc3c(cc2c1)c(NC(=O)C(C)C)nn3C. The van der Waals surface area contributed by atoms with E-state index in [2.05, 4.69) is 21.5 Å². The van der Waals surface area contributed by atoms with Crippen molar-refractivity contribution >= 4 is 33.7 Å². The smallest absolute Gasteiger partial charge is 0.228 e. The number of aromatic nitrogens is 3. The Morgan fingerprint density at radius 1 is 1.29 bits per heavy atom. The molecule has 1 aromatic carbocycles. The van der Waals surface area contributed by atoms with Crippen LogP contribution in [0, 0.1) is 12.8 Å². The van der Waals surface area contributed by atoms with Crippen LogP contribution >= 0.6 is 0 Å². The van der Waals surface area contributed by atoms with Crippen LogP contribution in [0.5, 0.6) is 0 Å². The Labute approximate surface area is 123 Å². The number of amides is 1. The minimum atomic E-state index is -0.0854. The molecule has 0 bridgehead atoms. The number of rotatable bonds is 2. The van der Waals surface area contributed by atoms with Gasteiger partial charge in [0.2, 0.25) is 5.91 Å². The molecule has 0 saturated carbocycles. The zero-order valence-corrected chi connectivity index (χ0v) is 12.6. The molecule has 21 heavy (non-hydrogen) atoms. The highest BCUT2D eigenvalue weighted by Gasteiger charge is 2.15.